The molecule has 0 amide bonds. The molecule has 1 heterocycles. The van der Waals surface area contributed by atoms with Crippen LogP contribution in [0.2, 0.25) is 0 Å². The summed E-state index contributed by atoms with van der Waals surface area (Å²) in [7, 11) is 0. The minimum atomic E-state index is 0. The van der Waals surface area contributed by atoms with Crippen LogP contribution in [-0.4, -0.2) is 0 Å². The van der Waals surface area contributed by atoms with Gasteiger partial charge in [-0.3, -0.25) is 0 Å². The van der Waals surface area contributed by atoms with Crippen LogP contribution in [0.15, 0.2) is 36.4 Å². The molecule has 0 spiro atoms. The Morgan fingerprint density at radius 2 is 1.12 bits per heavy atom. The Labute approximate surface area is 115 Å². The molecule has 0 aliphatic heterocycles. The highest BCUT2D eigenvalue weighted by atomic mass is 35.5. The number of rotatable bonds is 0. The summed E-state index contributed by atoms with van der Waals surface area (Å²) in [5.41, 5.74) is 13.1. The number of fused-ring (bicyclic) bond motifs is 3. The summed E-state index contributed by atoms with van der Waals surface area (Å²) in [6.45, 7) is 0. The van der Waals surface area contributed by atoms with E-state index in [4.69, 9.17) is 11.5 Å². The van der Waals surface area contributed by atoms with Crippen molar-refractivity contribution in [1.29, 1.82) is 0 Å². The SMILES string of the molecule is Cl.Cl.Nc1ccc2c(c1)sc1cc(N)ccc12. The van der Waals surface area contributed by atoms with Gasteiger partial charge in [-0.2, -0.15) is 0 Å². The molecular formula is C12H12Cl2N2S. The van der Waals surface area contributed by atoms with Crippen LogP contribution in [0.4, 0.5) is 11.4 Å². The van der Waals surface area contributed by atoms with Gasteiger partial charge in [0.05, 0.1) is 0 Å². The summed E-state index contributed by atoms with van der Waals surface area (Å²) in [6.07, 6.45) is 0. The fraction of sp³-hybridized carbons (Fsp3) is 0. The summed E-state index contributed by atoms with van der Waals surface area (Å²) in [6, 6.07) is 12.0. The van der Waals surface area contributed by atoms with Gasteiger partial charge in [-0.05, 0) is 24.3 Å². The van der Waals surface area contributed by atoms with Crippen LogP contribution in [0.5, 0.6) is 0 Å². The maximum Gasteiger partial charge on any atom is 0.0375 e. The van der Waals surface area contributed by atoms with Gasteiger partial charge in [0.2, 0.25) is 0 Å². The third kappa shape index (κ3) is 2.27. The first kappa shape index (κ1) is 13.9. The summed E-state index contributed by atoms with van der Waals surface area (Å²) < 4.78 is 2.44. The Morgan fingerprint density at radius 1 is 0.706 bits per heavy atom. The molecule has 0 aliphatic rings. The van der Waals surface area contributed by atoms with E-state index in [1.54, 1.807) is 11.3 Å². The molecule has 2 aromatic carbocycles. The van der Waals surface area contributed by atoms with Gasteiger partial charge in [0, 0.05) is 31.5 Å². The fourth-order valence-corrected chi connectivity index (χ4v) is 3.01. The molecule has 2 nitrogen and oxygen atoms in total. The predicted octanol–water partition coefficient (Wildman–Crippen LogP) is 4.06. The summed E-state index contributed by atoms with van der Waals surface area (Å²) in [4.78, 5) is 0. The molecule has 3 aromatic rings. The number of thiophene rings is 1. The largest absolute Gasteiger partial charge is 0.399 e. The topological polar surface area (TPSA) is 52.0 Å². The zero-order valence-electron chi connectivity index (χ0n) is 8.84. The van der Waals surface area contributed by atoms with E-state index in [1.165, 1.54) is 20.2 Å². The van der Waals surface area contributed by atoms with E-state index >= 15 is 0 Å². The normalized spacial score (nSPS) is 9.88. The van der Waals surface area contributed by atoms with Crippen LogP contribution in [0.3, 0.4) is 0 Å². The number of benzene rings is 2. The van der Waals surface area contributed by atoms with Crippen molar-refractivity contribution in [3.63, 3.8) is 0 Å². The maximum absolute atomic E-state index is 5.76. The first-order chi connectivity index (χ1) is 7.24. The molecule has 0 radical (unpaired) electrons. The summed E-state index contributed by atoms with van der Waals surface area (Å²) in [5, 5.41) is 2.51. The molecule has 90 valence electrons. The van der Waals surface area contributed by atoms with Crippen LogP contribution in [0.25, 0.3) is 20.2 Å². The maximum atomic E-state index is 5.76. The minimum absolute atomic E-state index is 0. The number of hydrogen-bond donors (Lipinski definition) is 2. The van der Waals surface area contributed by atoms with Crippen LogP contribution in [-0.2, 0) is 0 Å². The average molecular weight is 287 g/mol. The zero-order chi connectivity index (χ0) is 10.4. The Bertz CT molecular complexity index is 608. The molecule has 0 unspecified atom stereocenters. The van der Waals surface area contributed by atoms with Gasteiger partial charge in [0.15, 0.2) is 0 Å². The van der Waals surface area contributed by atoms with Gasteiger partial charge < -0.3 is 11.5 Å². The number of nitrogens with two attached hydrogens (primary N) is 2. The Balaban J connectivity index is 0.000000722. The quantitative estimate of drug-likeness (QED) is 0.612. The van der Waals surface area contributed by atoms with Gasteiger partial charge in [-0.25, -0.2) is 0 Å². The molecular weight excluding hydrogens is 275 g/mol. The number of anilines is 2. The van der Waals surface area contributed by atoms with Crippen LogP contribution in [0.1, 0.15) is 0 Å². The third-order valence-electron chi connectivity index (χ3n) is 2.52. The van der Waals surface area contributed by atoms with E-state index in [1.807, 2.05) is 24.3 Å². The first-order valence-electron chi connectivity index (χ1n) is 4.71. The first-order valence-corrected chi connectivity index (χ1v) is 5.53. The monoisotopic (exact) mass is 286 g/mol. The Hall–Kier alpha value is -1.16. The van der Waals surface area contributed by atoms with E-state index < -0.39 is 0 Å². The second-order valence-electron chi connectivity index (χ2n) is 3.61. The number of hydrogen-bond acceptors (Lipinski definition) is 3. The van der Waals surface area contributed by atoms with E-state index in [2.05, 4.69) is 12.1 Å². The number of nitrogen functional groups attached to an aromatic ring is 2. The highest BCUT2D eigenvalue weighted by Gasteiger charge is 2.04. The Morgan fingerprint density at radius 3 is 1.53 bits per heavy atom. The smallest absolute Gasteiger partial charge is 0.0375 e. The molecule has 0 fully saturated rings. The highest BCUT2D eigenvalue weighted by Crippen LogP contribution is 2.35. The van der Waals surface area contributed by atoms with Crippen molar-refractivity contribution in [3.05, 3.63) is 36.4 Å². The standard InChI is InChI=1S/C12H10N2S.2ClH/c13-7-1-3-9-10-4-2-8(14)6-12(10)15-11(9)5-7;;/h1-6H,13-14H2;2*1H. The molecule has 1 aromatic heterocycles. The van der Waals surface area contributed by atoms with E-state index in [0.29, 0.717) is 0 Å². The molecule has 0 saturated carbocycles. The zero-order valence-corrected chi connectivity index (χ0v) is 11.3. The van der Waals surface area contributed by atoms with E-state index in [9.17, 15) is 0 Å². The van der Waals surface area contributed by atoms with Gasteiger partial charge in [-0.15, -0.1) is 36.2 Å². The molecule has 0 atom stereocenters. The molecule has 0 aliphatic carbocycles. The van der Waals surface area contributed by atoms with Gasteiger partial charge in [0.25, 0.3) is 0 Å². The second-order valence-corrected chi connectivity index (χ2v) is 4.70. The summed E-state index contributed by atoms with van der Waals surface area (Å²) in [5.74, 6) is 0. The average Bonchev–Trinajstić information content (AvgIpc) is 2.53. The lowest BCUT2D eigenvalue weighted by Gasteiger charge is -1.94. The summed E-state index contributed by atoms with van der Waals surface area (Å²) >= 11 is 1.73. The van der Waals surface area contributed by atoms with E-state index in [-0.39, 0.29) is 24.8 Å². The van der Waals surface area contributed by atoms with Crippen LogP contribution < -0.4 is 11.5 Å². The van der Waals surface area contributed by atoms with Gasteiger partial charge in [-0.1, -0.05) is 12.1 Å². The van der Waals surface area contributed by atoms with Crippen molar-refractivity contribution in [2.45, 2.75) is 0 Å². The predicted molar refractivity (Wildman–Crippen MR) is 82.7 cm³/mol. The van der Waals surface area contributed by atoms with Crippen molar-refractivity contribution >= 4 is 67.7 Å². The molecule has 5 heteroatoms. The van der Waals surface area contributed by atoms with Crippen molar-refractivity contribution in [1.82, 2.24) is 0 Å². The lowest BCUT2D eigenvalue weighted by molar-refractivity contribution is 1.78. The lowest BCUT2D eigenvalue weighted by atomic mass is 10.1. The van der Waals surface area contributed by atoms with Gasteiger partial charge >= 0.3 is 0 Å². The van der Waals surface area contributed by atoms with Crippen LogP contribution >= 0.6 is 36.2 Å². The Kier molecular flexibility index (Phi) is 4.09. The number of halogens is 2. The van der Waals surface area contributed by atoms with Crippen molar-refractivity contribution in [2.24, 2.45) is 0 Å². The molecule has 3 rings (SSSR count). The molecule has 0 saturated heterocycles. The third-order valence-corrected chi connectivity index (χ3v) is 3.64. The minimum Gasteiger partial charge on any atom is -0.399 e. The molecule has 17 heavy (non-hydrogen) atoms. The van der Waals surface area contributed by atoms with Crippen molar-refractivity contribution < 1.29 is 0 Å². The van der Waals surface area contributed by atoms with Gasteiger partial charge in [0.1, 0.15) is 0 Å². The second kappa shape index (κ2) is 5.00. The lowest BCUT2D eigenvalue weighted by Crippen LogP contribution is -1.82. The van der Waals surface area contributed by atoms with Crippen molar-refractivity contribution in [3.8, 4) is 0 Å². The molecule has 4 N–H and O–H groups in total. The fourth-order valence-electron chi connectivity index (χ4n) is 1.81. The van der Waals surface area contributed by atoms with Crippen LogP contribution in [0, 0.1) is 0 Å². The highest BCUT2D eigenvalue weighted by molar-refractivity contribution is 7.25. The van der Waals surface area contributed by atoms with Crippen molar-refractivity contribution in [2.75, 3.05) is 11.5 Å². The molecule has 0 bridgehead atoms. The van der Waals surface area contributed by atoms with E-state index in [0.717, 1.165) is 11.4 Å².